The molecule has 9 heteroatoms. The molecule has 126 valence electrons. The molecule has 0 aromatic heterocycles. The van der Waals surface area contributed by atoms with Crippen molar-refractivity contribution in [3.05, 3.63) is 24.3 Å². The molecule has 0 radical (unpaired) electrons. The average molecular weight is 332 g/mol. The smallest absolute Gasteiger partial charge is 0.428 e. The first kappa shape index (κ1) is 18.4. The maximum absolute atomic E-state index is 13.2. The van der Waals surface area contributed by atoms with Crippen molar-refractivity contribution < 1.29 is 40.9 Å². The van der Waals surface area contributed by atoms with Gasteiger partial charge < -0.3 is 9.84 Å². The Morgan fingerprint density at radius 1 is 1.14 bits per heavy atom. The largest absolute Gasteiger partial charge is 0.504 e. The molecule has 3 nitrogen and oxygen atoms in total. The van der Waals surface area contributed by atoms with Crippen LogP contribution in [0.2, 0.25) is 0 Å². The van der Waals surface area contributed by atoms with Crippen LogP contribution in [-0.4, -0.2) is 29.9 Å². The maximum Gasteiger partial charge on any atom is 0.428 e. The van der Waals surface area contributed by atoms with E-state index in [4.69, 9.17) is 4.74 Å². The van der Waals surface area contributed by atoms with Crippen LogP contribution in [0.4, 0.5) is 26.3 Å². The molecule has 1 atom stereocenters. The molecular weight excluding hydrogens is 318 g/mol. The number of phenols is 1. The van der Waals surface area contributed by atoms with Crippen LogP contribution in [0, 0.1) is 0 Å². The zero-order valence-corrected chi connectivity index (χ0v) is 11.4. The number of hydrogen-bond acceptors (Lipinski definition) is 3. The normalized spacial score (nSPS) is 14.2. The van der Waals surface area contributed by atoms with Crippen LogP contribution in [-0.2, 0) is 4.74 Å². The summed E-state index contributed by atoms with van der Waals surface area (Å²) in [4.78, 5) is 0. The molecule has 0 heterocycles. The summed E-state index contributed by atoms with van der Waals surface area (Å²) in [5, 5.41) is 9.44. The highest BCUT2D eigenvalue weighted by atomic mass is 19.3. The van der Waals surface area contributed by atoms with Gasteiger partial charge in [0.25, 0.3) is 0 Å². The van der Waals surface area contributed by atoms with Gasteiger partial charge in [-0.05, 0) is 12.1 Å². The molecule has 1 aromatic carbocycles. The molecule has 0 amide bonds. The summed E-state index contributed by atoms with van der Waals surface area (Å²) < 4.78 is 84.8. The first-order chi connectivity index (χ1) is 10.1. The Morgan fingerprint density at radius 2 is 1.73 bits per heavy atom. The van der Waals surface area contributed by atoms with Crippen molar-refractivity contribution in [3.8, 4) is 11.5 Å². The topological polar surface area (TPSA) is 38.7 Å². The molecule has 0 aliphatic rings. The number of halogens is 6. The Balaban J connectivity index is 2.90. The molecule has 0 aliphatic heterocycles. The van der Waals surface area contributed by atoms with E-state index >= 15 is 0 Å². The van der Waals surface area contributed by atoms with Crippen LogP contribution in [0.25, 0.3) is 0 Å². The molecule has 0 fully saturated rings. The lowest BCUT2D eigenvalue weighted by Gasteiger charge is -2.29. The zero-order chi connectivity index (χ0) is 17.0. The molecule has 0 bridgehead atoms. The first-order valence-electron chi connectivity index (χ1n) is 6.28. The Bertz CT molecular complexity index is 481. The molecular formula is C13H14F6O3. The number of para-hydroxylation sites is 2. The molecule has 1 N–H and O–H groups in total. The number of rotatable bonds is 8. The fraction of sp³-hybridized carbons (Fsp3) is 0.538. The minimum absolute atomic E-state index is 0.189. The molecule has 1 aromatic rings. The average Bonchev–Trinajstić information content (AvgIpc) is 2.40. The van der Waals surface area contributed by atoms with E-state index in [9.17, 15) is 31.4 Å². The van der Waals surface area contributed by atoms with E-state index in [1.165, 1.54) is 31.2 Å². The van der Waals surface area contributed by atoms with Crippen molar-refractivity contribution in [2.24, 2.45) is 0 Å². The molecule has 0 aliphatic carbocycles. The third kappa shape index (κ3) is 4.19. The fourth-order valence-corrected chi connectivity index (χ4v) is 1.45. The van der Waals surface area contributed by atoms with Gasteiger partial charge in [-0.3, -0.25) is 4.74 Å². The molecule has 0 spiro atoms. The van der Waals surface area contributed by atoms with Crippen LogP contribution in [0.1, 0.15) is 19.8 Å². The van der Waals surface area contributed by atoms with Crippen molar-refractivity contribution in [2.75, 3.05) is 0 Å². The molecule has 0 saturated carbocycles. The quantitative estimate of drug-likeness (QED) is 0.566. The number of ether oxygens (including phenoxy) is 2. The van der Waals surface area contributed by atoms with Crippen molar-refractivity contribution in [2.45, 2.75) is 44.5 Å². The van der Waals surface area contributed by atoms with Crippen LogP contribution >= 0.6 is 0 Å². The van der Waals surface area contributed by atoms with E-state index in [-0.39, 0.29) is 18.6 Å². The summed E-state index contributed by atoms with van der Waals surface area (Å²) in [5.74, 6) is -6.39. The van der Waals surface area contributed by atoms with Gasteiger partial charge in [-0.15, -0.1) is 0 Å². The summed E-state index contributed by atoms with van der Waals surface area (Å²) in [6.07, 6.45) is -12.0. The Hall–Kier alpha value is -1.64. The predicted molar refractivity (Wildman–Crippen MR) is 64.4 cm³/mol. The van der Waals surface area contributed by atoms with Crippen molar-refractivity contribution in [1.82, 2.24) is 0 Å². The number of hydrogen-bond donors (Lipinski definition) is 1. The number of phenolic OH excluding ortho intramolecular Hbond substituents is 1. The fourth-order valence-electron chi connectivity index (χ4n) is 1.45. The zero-order valence-electron chi connectivity index (χ0n) is 11.4. The highest BCUT2D eigenvalue weighted by Gasteiger charge is 2.65. The Labute approximate surface area is 122 Å². The van der Waals surface area contributed by atoms with Crippen LogP contribution in [0.15, 0.2) is 24.3 Å². The summed E-state index contributed by atoms with van der Waals surface area (Å²) in [7, 11) is 0. The second-order valence-corrected chi connectivity index (χ2v) is 4.36. The monoisotopic (exact) mass is 332 g/mol. The lowest BCUT2D eigenvalue weighted by molar-refractivity contribution is -0.402. The molecule has 1 unspecified atom stereocenters. The Morgan fingerprint density at radius 3 is 2.23 bits per heavy atom. The van der Waals surface area contributed by atoms with Crippen LogP contribution < -0.4 is 4.74 Å². The molecule has 22 heavy (non-hydrogen) atoms. The molecule has 0 saturated heterocycles. The van der Waals surface area contributed by atoms with Gasteiger partial charge in [-0.2, -0.15) is 17.6 Å². The van der Waals surface area contributed by atoms with E-state index in [1.807, 2.05) is 0 Å². The van der Waals surface area contributed by atoms with Crippen molar-refractivity contribution in [1.29, 1.82) is 0 Å². The third-order valence-corrected chi connectivity index (χ3v) is 2.59. The van der Waals surface area contributed by atoms with Gasteiger partial charge in [0.1, 0.15) is 0 Å². The number of benzene rings is 1. The van der Waals surface area contributed by atoms with Crippen molar-refractivity contribution >= 4 is 0 Å². The number of aromatic hydroxyl groups is 1. The van der Waals surface area contributed by atoms with Gasteiger partial charge in [0.05, 0.1) is 0 Å². The maximum atomic E-state index is 13.2. The minimum Gasteiger partial charge on any atom is -0.504 e. The minimum atomic E-state index is -5.67. The van der Waals surface area contributed by atoms with Gasteiger partial charge in [0.2, 0.25) is 6.29 Å². The molecule has 1 rings (SSSR count). The highest BCUT2D eigenvalue weighted by molar-refractivity contribution is 5.37. The van der Waals surface area contributed by atoms with Gasteiger partial charge in [0.15, 0.2) is 11.5 Å². The lowest BCUT2D eigenvalue weighted by atomic mass is 10.3. The summed E-state index contributed by atoms with van der Waals surface area (Å²) in [6.45, 7) is 1.52. The predicted octanol–water partition coefficient (Wildman–Crippen LogP) is 4.41. The van der Waals surface area contributed by atoms with E-state index in [1.54, 1.807) is 0 Å². The van der Waals surface area contributed by atoms with Crippen molar-refractivity contribution in [3.63, 3.8) is 0 Å². The van der Waals surface area contributed by atoms with Gasteiger partial charge in [-0.25, -0.2) is 8.78 Å². The van der Waals surface area contributed by atoms with E-state index in [0.29, 0.717) is 0 Å². The summed E-state index contributed by atoms with van der Waals surface area (Å²) in [6, 6.07) is 5.16. The first-order valence-corrected chi connectivity index (χ1v) is 6.28. The van der Waals surface area contributed by atoms with Gasteiger partial charge in [-0.1, -0.05) is 25.5 Å². The van der Waals surface area contributed by atoms with Gasteiger partial charge >= 0.3 is 18.5 Å². The second kappa shape index (κ2) is 7.08. The van der Waals surface area contributed by atoms with E-state index < -0.39 is 30.5 Å². The second-order valence-electron chi connectivity index (χ2n) is 4.36. The van der Waals surface area contributed by atoms with Crippen LogP contribution in [0.5, 0.6) is 11.5 Å². The summed E-state index contributed by atoms with van der Waals surface area (Å²) >= 11 is 0. The summed E-state index contributed by atoms with van der Waals surface area (Å²) in [5.41, 5.74) is 0. The standard InChI is InChI=1S/C13H14F6O3/c1-2-5-10(21-9-7-4-3-6-8(9)20)22-13(18,19)12(16,17)11(14)15/h3-4,6-7,10-11,20H,2,5H2,1H3. The van der Waals surface area contributed by atoms with E-state index in [2.05, 4.69) is 4.74 Å². The van der Waals surface area contributed by atoms with Gasteiger partial charge in [0, 0.05) is 6.42 Å². The SMILES string of the molecule is CCCC(Oc1ccccc1O)OC(F)(F)C(F)(F)C(F)F. The lowest BCUT2D eigenvalue weighted by Crippen LogP contribution is -2.50. The number of alkyl halides is 6. The Kier molecular flexibility index (Phi) is 5.92. The highest BCUT2D eigenvalue weighted by Crippen LogP contribution is 2.41. The van der Waals surface area contributed by atoms with Crippen LogP contribution in [0.3, 0.4) is 0 Å². The third-order valence-electron chi connectivity index (χ3n) is 2.59. The van der Waals surface area contributed by atoms with E-state index in [0.717, 1.165) is 0 Å².